The molecule has 2 unspecified atom stereocenters. The van der Waals surface area contributed by atoms with Crippen LogP contribution in [0.4, 0.5) is 15.8 Å². The zero-order valence-corrected chi connectivity index (χ0v) is 20.8. The maximum absolute atomic E-state index is 13.7. The first-order valence-corrected chi connectivity index (χ1v) is 13.6. The van der Waals surface area contributed by atoms with Gasteiger partial charge in [-0.15, -0.1) is 11.8 Å². The molecule has 1 N–H and O–H groups in total. The van der Waals surface area contributed by atoms with E-state index in [1.165, 1.54) is 11.8 Å². The van der Waals surface area contributed by atoms with E-state index in [0.717, 1.165) is 43.6 Å². The van der Waals surface area contributed by atoms with Crippen molar-refractivity contribution in [1.82, 2.24) is 0 Å². The highest BCUT2D eigenvalue weighted by atomic mass is 32.2. The summed E-state index contributed by atoms with van der Waals surface area (Å²) in [7, 11) is -1.31. The number of benzene rings is 2. The number of hydrogen-bond donors (Lipinski definition) is 1. The van der Waals surface area contributed by atoms with Crippen LogP contribution in [0.25, 0.3) is 0 Å². The van der Waals surface area contributed by atoms with E-state index in [0.29, 0.717) is 21.8 Å². The predicted molar refractivity (Wildman–Crippen MR) is 133 cm³/mol. The van der Waals surface area contributed by atoms with Crippen molar-refractivity contribution in [2.75, 3.05) is 23.5 Å². The van der Waals surface area contributed by atoms with E-state index >= 15 is 0 Å². The third-order valence-corrected chi connectivity index (χ3v) is 8.54. The number of carbonyl (C=O) groups is 1. The largest absolute Gasteiger partial charge is 0.476 e. The summed E-state index contributed by atoms with van der Waals surface area (Å²) >= 11 is 1.40. The molecule has 1 aliphatic heterocycles. The first-order valence-electron chi connectivity index (χ1n) is 11.0. The second kappa shape index (κ2) is 11.2. The lowest BCUT2D eigenvalue weighted by molar-refractivity contribution is -0.134. The quantitative estimate of drug-likeness (QED) is 0.244. The Morgan fingerprint density at radius 1 is 1.30 bits per heavy atom. The molecule has 2 atom stereocenters. The molecule has 1 aliphatic rings. The molecule has 0 aliphatic carbocycles. The lowest BCUT2D eigenvalue weighted by atomic mass is 9.81. The van der Waals surface area contributed by atoms with E-state index in [4.69, 9.17) is 9.84 Å². The summed E-state index contributed by atoms with van der Waals surface area (Å²) in [5.74, 6) is -2.28. The lowest BCUT2D eigenvalue weighted by Crippen LogP contribution is -2.37. The highest BCUT2D eigenvalue weighted by molar-refractivity contribution is 7.98. The number of unbranched alkanes of at least 4 members (excludes halogenated alkanes) is 1. The van der Waals surface area contributed by atoms with E-state index in [9.17, 15) is 13.4 Å². The van der Waals surface area contributed by atoms with Gasteiger partial charge in [0.05, 0.1) is 26.3 Å². The van der Waals surface area contributed by atoms with Crippen LogP contribution in [0.15, 0.2) is 64.3 Å². The first-order chi connectivity index (χ1) is 15.8. The number of rotatable bonds is 9. The molecule has 0 aromatic heterocycles. The van der Waals surface area contributed by atoms with Gasteiger partial charge in [0.1, 0.15) is 12.0 Å². The number of hydrogen-bond acceptors (Lipinski definition) is 5. The summed E-state index contributed by atoms with van der Waals surface area (Å²) in [4.78, 5) is 14.4. The average Bonchev–Trinajstić information content (AvgIpc) is 2.95. The number of carboxylic acid groups (broad SMARTS) is 1. The molecule has 0 radical (unpaired) electrons. The first kappa shape index (κ1) is 25.3. The third kappa shape index (κ3) is 5.79. The minimum atomic E-state index is -1.70. The number of carboxylic acids is 1. The molecule has 2 aromatic rings. The van der Waals surface area contributed by atoms with Crippen LogP contribution < -0.4 is 9.64 Å². The summed E-state index contributed by atoms with van der Waals surface area (Å²) in [6.45, 7) is 5.07. The molecule has 0 saturated heterocycles. The van der Waals surface area contributed by atoms with Gasteiger partial charge < -0.3 is 14.7 Å². The minimum absolute atomic E-state index is 0.119. The molecule has 8 heteroatoms. The average molecular weight is 492 g/mol. The summed E-state index contributed by atoms with van der Waals surface area (Å²) < 4.78 is 32.6. The van der Waals surface area contributed by atoms with E-state index in [-0.39, 0.29) is 11.2 Å². The highest BCUT2D eigenvalue weighted by Crippen LogP contribution is 2.46. The third-order valence-electron chi connectivity index (χ3n) is 6.08. The number of anilines is 2. The molecule has 0 fully saturated rings. The Morgan fingerprint density at radius 3 is 2.64 bits per heavy atom. The number of ether oxygens (including phenoxy) is 1. The Balaban J connectivity index is 2.16. The Kier molecular flexibility index (Phi) is 8.59. The van der Waals surface area contributed by atoms with Crippen molar-refractivity contribution in [2.45, 2.75) is 49.3 Å². The zero-order chi connectivity index (χ0) is 24.0. The van der Waals surface area contributed by atoms with Gasteiger partial charge in [-0.2, -0.15) is 4.39 Å². The number of fused-ring (bicyclic) bond motifs is 1. The van der Waals surface area contributed by atoms with Crippen molar-refractivity contribution < 1.29 is 23.2 Å². The van der Waals surface area contributed by atoms with Gasteiger partial charge in [-0.1, -0.05) is 44.9 Å². The van der Waals surface area contributed by atoms with Gasteiger partial charge in [-0.25, -0.2) is 4.79 Å². The highest BCUT2D eigenvalue weighted by Gasteiger charge is 2.38. The molecule has 5 nitrogen and oxygen atoms in total. The molecule has 33 heavy (non-hydrogen) atoms. The van der Waals surface area contributed by atoms with Crippen LogP contribution in [0.5, 0.6) is 5.75 Å². The summed E-state index contributed by atoms with van der Waals surface area (Å²) in [6.07, 6.45) is 6.46. The SMILES string of the molecule is CCCCC1(CC)CN(c2ccccc2)c2cc(SC)c(O/C=C(\F)C(=O)O)cc2S(=O)C1. The van der Waals surface area contributed by atoms with Crippen LogP contribution in [-0.2, 0) is 15.6 Å². The van der Waals surface area contributed by atoms with E-state index < -0.39 is 22.6 Å². The molecular weight excluding hydrogens is 461 g/mol. The number of halogens is 1. The van der Waals surface area contributed by atoms with Crippen molar-refractivity contribution in [2.24, 2.45) is 5.41 Å². The molecule has 178 valence electrons. The maximum atomic E-state index is 13.7. The Hall–Kier alpha value is -2.32. The number of nitrogens with zero attached hydrogens (tertiary/aromatic N) is 1. The molecule has 0 amide bonds. The van der Waals surface area contributed by atoms with E-state index in [1.807, 2.05) is 42.7 Å². The van der Waals surface area contributed by atoms with Crippen LogP contribution in [0.1, 0.15) is 39.5 Å². The predicted octanol–water partition coefficient (Wildman–Crippen LogP) is 6.53. The Bertz CT molecular complexity index is 1040. The standard InChI is InChI=1S/C25H30FNO4S2/c1-4-6-12-25(5-2)16-27(18-10-8-7-9-11-18)20-13-22(32-3)21(14-23(20)33(30)17-25)31-15-19(26)24(28)29/h7-11,13-15H,4-6,12,16-17H2,1-3H3,(H,28,29)/b19-15-. The fourth-order valence-corrected chi connectivity index (χ4v) is 6.43. The van der Waals surface area contributed by atoms with Crippen molar-refractivity contribution in [3.8, 4) is 5.75 Å². The van der Waals surface area contributed by atoms with Crippen LogP contribution in [0.3, 0.4) is 0 Å². The van der Waals surface area contributed by atoms with Gasteiger partial charge in [0.2, 0.25) is 5.83 Å². The van der Waals surface area contributed by atoms with Crippen molar-refractivity contribution >= 4 is 39.9 Å². The van der Waals surface area contributed by atoms with Gasteiger partial charge in [0.15, 0.2) is 0 Å². The van der Waals surface area contributed by atoms with Crippen LogP contribution in [-0.4, -0.2) is 33.8 Å². The monoisotopic (exact) mass is 491 g/mol. The van der Waals surface area contributed by atoms with Gasteiger partial charge in [0.25, 0.3) is 0 Å². The smallest absolute Gasteiger partial charge is 0.368 e. The van der Waals surface area contributed by atoms with Gasteiger partial charge in [-0.3, -0.25) is 4.21 Å². The van der Waals surface area contributed by atoms with Crippen LogP contribution in [0, 0.1) is 5.41 Å². The maximum Gasteiger partial charge on any atom is 0.368 e. The molecule has 2 aromatic carbocycles. The molecule has 0 spiro atoms. The van der Waals surface area contributed by atoms with Crippen molar-refractivity contribution in [3.63, 3.8) is 0 Å². The minimum Gasteiger partial charge on any atom is -0.476 e. The van der Waals surface area contributed by atoms with Crippen LogP contribution in [0.2, 0.25) is 0 Å². The van der Waals surface area contributed by atoms with E-state index in [1.54, 1.807) is 6.07 Å². The summed E-state index contributed by atoms with van der Waals surface area (Å²) in [5.41, 5.74) is 1.74. The number of thioether (sulfide) groups is 1. The number of para-hydroxylation sites is 1. The Labute approximate surface area is 201 Å². The van der Waals surface area contributed by atoms with Gasteiger partial charge >= 0.3 is 5.97 Å². The van der Waals surface area contributed by atoms with E-state index in [2.05, 4.69) is 18.7 Å². The summed E-state index contributed by atoms with van der Waals surface area (Å²) in [5, 5.41) is 8.79. The second-order valence-electron chi connectivity index (χ2n) is 8.23. The zero-order valence-electron chi connectivity index (χ0n) is 19.2. The van der Waals surface area contributed by atoms with Gasteiger partial charge in [0, 0.05) is 24.1 Å². The number of aliphatic carboxylic acids is 1. The fraction of sp³-hybridized carbons (Fsp3) is 0.400. The molecule has 3 rings (SSSR count). The fourth-order valence-electron chi connectivity index (χ4n) is 4.10. The molecule has 0 saturated carbocycles. The molecular formula is C25H30FNO4S2. The van der Waals surface area contributed by atoms with Crippen molar-refractivity contribution in [1.29, 1.82) is 0 Å². The molecule has 1 heterocycles. The van der Waals surface area contributed by atoms with Gasteiger partial charge in [-0.05, 0) is 42.7 Å². The van der Waals surface area contributed by atoms with Crippen LogP contribution >= 0.6 is 11.8 Å². The normalized spacial score (nSPS) is 20.8. The van der Waals surface area contributed by atoms with Crippen molar-refractivity contribution in [3.05, 3.63) is 54.6 Å². The Morgan fingerprint density at radius 2 is 2.03 bits per heavy atom. The summed E-state index contributed by atoms with van der Waals surface area (Å²) in [6, 6.07) is 13.6. The lowest BCUT2D eigenvalue weighted by Gasteiger charge is -2.36. The topological polar surface area (TPSA) is 66.8 Å². The second-order valence-corrected chi connectivity index (χ2v) is 10.5. The molecule has 0 bridgehead atoms.